The average Bonchev–Trinajstić information content (AvgIpc) is 2.68. The molecular weight excluding hydrogens is 200 g/mol. The van der Waals surface area contributed by atoms with Gasteiger partial charge in [-0.3, -0.25) is 4.68 Å². The van der Waals surface area contributed by atoms with Crippen molar-refractivity contribution in [2.45, 2.75) is 19.4 Å². The zero-order valence-electron chi connectivity index (χ0n) is 10.3. The van der Waals surface area contributed by atoms with Crippen molar-refractivity contribution < 1.29 is 0 Å². The van der Waals surface area contributed by atoms with Gasteiger partial charge in [-0.05, 0) is 51.5 Å². The second kappa shape index (κ2) is 5.46. The van der Waals surface area contributed by atoms with Gasteiger partial charge in [0.1, 0.15) is 0 Å². The highest BCUT2D eigenvalue weighted by Crippen LogP contribution is 2.14. The van der Waals surface area contributed by atoms with Crippen LogP contribution in [-0.2, 0) is 13.6 Å². The summed E-state index contributed by atoms with van der Waals surface area (Å²) in [7, 11) is 4.20. The molecule has 4 heteroatoms. The van der Waals surface area contributed by atoms with Gasteiger partial charge in [0, 0.05) is 19.8 Å². The van der Waals surface area contributed by atoms with E-state index in [0.717, 1.165) is 19.0 Å². The van der Waals surface area contributed by atoms with Crippen molar-refractivity contribution in [3.05, 3.63) is 18.0 Å². The second-order valence-electron chi connectivity index (χ2n) is 4.82. The molecule has 1 aliphatic rings. The molecule has 2 rings (SSSR count). The smallest absolute Gasteiger partial charge is 0.0518 e. The number of hydrogen-bond acceptors (Lipinski definition) is 3. The molecule has 0 aliphatic carbocycles. The number of aromatic nitrogens is 2. The number of nitrogens with zero attached hydrogens (tertiary/aromatic N) is 3. The van der Waals surface area contributed by atoms with Crippen molar-refractivity contribution in [2.24, 2.45) is 13.0 Å². The molecule has 0 saturated carbocycles. The van der Waals surface area contributed by atoms with Crippen LogP contribution >= 0.6 is 0 Å². The second-order valence-corrected chi connectivity index (χ2v) is 4.82. The van der Waals surface area contributed by atoms with E-state index in [2.05, 4.69) is 28.4 Å². The van der Waals surface area contributed by atoms with Crippen LogP contribution < -0.4 is 5.32 Å². The maximum atomic E-state index is 4.16. The molecule has 1 aromatic rings. The third-order valence-electron chi connectivity index (χ3n) is 3.50. The van der Waals surface area contributed by atoms with Gasteiger partial charge in [0.25, 0.3) is 0 Å². The Morgan fingerprint density at radius 2 is 2.12 bits per heavy atom. The van der Waals surface area contributed by atoms with Gasteiger partial charge in [0.15, 0.2) is 0 Å². The summed E-state index contributed by atoms with van der Waals surface area (Å²) in [6.45, 7) is 4.57. The zero-order valence-corrected chi connectivity index (χ0v) is 10.3. The molecule has 4 nitrogen and oxygen atoms in total. The van der Waals surface area contributed by atoms with Crippen molar-refractivity contribution in [3.8, 4) is 0 Å². The monoisotopic (exact) mass is 222 g/mol. The Morgan fingerprint density at radius 3 is 2.75 bits per heavy atom. The summed E-state index contributed by atoms with van der Waals surface area (Å²) >= 11 is 0. The SMILES string of the molecule is CN1CCC(CNCc2ccnn2C)CC1. The molecule has 0 atom stereocenters. The molecule has 16 heavy (non-hydrogen) atoms. The maximum absolute atomic E-state index is 4.16. The van der Waals surface area contributed by atoms with Crippen LogP contribution in [0.3, 0.4) is 0 Å². The summed E-state index contributed by atoms with van der Waals surface area (Å²) in [6.07, 6.45) is 4.51. The fourth-order valence-corrected chi connectivity index (χ4v) is 2.25. The molecule has 1 aliphatic heterocycles. The van der Waals surface area contributed by atoms with Gasteiger partial charge in [-0.15, -0.1) is 0 Å². The number of likely N-dealkylation sites (tertiary alicyclic amines) is 1. The standard InChI is InChI=1S/C12H22N4/c1-15-7-4-11(5-8-15)9-13-10-12-3-6-14-16(12)2/h3,6,11,13H,4-5,7-10H2,1-2H3. The first-order valence-electron chi connectivity index (χ1n) is 6.12. The van der Waals surface area contributed by atoms with E-state index < -0.39 is 0 Å². The summed E-state index contributed by atoms with van der Waals surface area (Å²) in [6, 6.07) is 2.07. The van der Waals surface area contributed by atoms with Crippen LogP contribution in [0.5, 0.6) is 0 Å². The molecule has 1 saturated heterocycles. The lowest BCUT2D eigenvalue weighted by Crippen LogP contribution is -2.35. The molecule has 2 heterocycles. The van der Waals surface area contributed by atoms with Crippen LogP contribution in [0.4, 0.5) is 0 Å². The van der Waals surface area contributed by atoms with Gasteiger partial charge >= 0.3 is 0 Å². The highest BCUT2D eigenvalue weighted by molar-refractivity contribution is 4.99. The third-order valence-corrected chi connectivity index (χ3v) is 3.50. The van der Waals surface area contributed by atoms with Crippen LogP contribution in [-0.4, -0.2) is 41.4 Å². The van der Waals surface area contributed by atoms with E-state index >= 15 is 0 Å². The lowest BCUT2D eigenvalue weighted by molar-refractivity contribution is 0.215. The maximum Gasteiger partial charge on any atom is 0.0518 e. The van der Waals surface area contributed by atoms with Crippen molar-refractivity contribution in [2.75, 3.05) is 26.7 Å². The number of nitrogens with one attached hydrogen (secondary N) is 1. The summed E-state index contributed by atoms with van der Waals surface area (Å²) < 4.78 is 1.93. The van der Waals surface area contributed by atoms with E-state index in [9.17, 15) is 0 Å². The van der Waals surface area contributed by atoms with E-state index in [1.807, 2.05) is 17.9 Å². The fourth-order valence-electron chi connectivity index (χ4n) is 2.25. The first kappa shape index (κ1) is 11.6. The first-order chi connectivity index (χ1) is 7.75. The Balaban J connectivity index is 1.67. The summed E-state index contributed by atoms with van der Waals surface area (Å²) in [5.74, 6) is 0.851. The molecule has 0 radical (unpaired) electrons. The predicted octanol–water partition coefficient (Wildman–Crippen LogP) is 0.851. The molecule has 90 valence electrons. The Morgan fingerprint density at radius 1 is 1.38 bits per heavy atom. The molecule has 1 fully saturated rings. The third kappa shape index (κ3) is 3.06. The topological polar surface area (TPSA) is 33.1 Å². The van der Waals surface area contributed by atoms with E-state index in [1.54, 1.807) is 0 Å². The molecule has 1 N–H and O–H groups in total. The molecule has 0 bridgehead atoms. The molecule has 0 unspecified atom stereocenters. The minimum absolute atomic E-state index is 0.851. The highest BCUT2D eigenvalue weighted by Gasteiger charge is 2.15. The number of piperidine rings is 1. The van der Waals surface area contributed by atoms with Crippen LogP contribution in [0, 0.1) is 5.92 Å². The summed E-state index contributed by atoms with van der Waals surface area (Å²) in [4.78, 5) is 2.41. The Bertz CT molecular complexity index is 313. The van der Waals surface area contributed by atoms with Gasteiger partial charge in [-0.1, -0.05) is 0 Å². The summed E-state index contributed by atoms with van der Waals surface area (Å²) in [5.41, 5.74) is 1.26. The Kier molecular flexibility index (Phi) is 3.96. The van der Waals surface area contributed by atoms with Crippen LogP contribution in [0.15, 0.2) is 12.3 Å². The fraction of sp³-hybridized carbons (Fsp3) is 0.750. The first-order valence-corrected chi connectivity index (χ1v) is 6.12. The zero-order chi connectivity index (χ0) is 11.4. The molecule has 0 amide bonds. The largest absolute Gasteiger partial charge is 0.311 e. The lowest BCUT2D eigenvalue weighted by Gasteiger charge is -2.29. The van der Waals surface area contributed by atoms with Crippen molar-refractivity contribution in [1.82, 2.24) is 20.0 Å². The van der Waals surface area contributed by atoms with Gasteiger partial charge in [-0.25, -0.2) is 0 Å². The molecular formula is C12H22N4. The number of rotatable bonds is 4. The van der Waals surface area contributed by atoms with E-state index in [1.165, 1.54) is 31.6 Å². The molecule has 0 aromatic carbocycles. The van der Waals surface area contributed by atoms with Gasteiger partial charge < -0.3 is 10.2 Å². The van der Waals surface area contributed by atoms with Crippen LogP contribution in [0.25, 0.3) is 0 Å². The van der Waals surface area contributed by atoms with Crippen molar-refractivity contribution >= 4 is 0 Å². The average molecular weight is 222 g/mol. The molecule has 0 spiro atoms. The van der Waals surface area contributed by atoms with Crippen molar-refractivity contribution in [1.29, 1.82) is 0 Å². The molecule has 1 aromatic heterocycles. The minimum Gasteiger partial charge on any atom is -0.311 e. The van der Waals surface area contributed by atoms with Gasteiger partial charge in [-0.2, -0.15) is 5.10 Å². The number of hydrogen-bond donors (Lipinski definition) is 1. The number of aryl methyl sites for hydroxylation is 1. The van der Waals surface area contributed by atoms with Gasteiger partial charge in [0.05, 0.1) is 5.69 Å². The minimum atomic E-state index is 0.851. The quantitative estimate of drug-likeness (QED) is 0.820. The summed E-state index contributed by atoms with van der Waals surface area (Å²) in [5, 5.41) is 7.70. The highest BCUT2D eigenvalue weighted by atomic mass is 15.3. The van der Waals surface area contributed by atoms with E-state index in [-0.39, 0.29) is 0 Å². The lowest BCUT2D eigenvalue weighted by atomic mass is 9.97. The normalized spacial score (nSPS) is 19.1. The van der Waals surface area contributed by atoms with Crippen LogP contribution in [0.1, 0.15) is 18.5 Å². The Hall–Kier alpha value is -0.870. The van der Waals surface area contributed by atoms with E-state index in [0.29, 0.717) is 0 Å². The van der Waals surface area contributed by atoms with Crippen molar-refractivity contribution in [3.63, 3.8) is 0 Å². The Labute approximate surface area is 97.6 Å². The predicted molar refractivity (Wildman–Crippen MR) is 65.1 cm³/mol. The van der Waals surface area contributed by atoms with Crippen LogP contribution in [0.2, 0.25) is 0 Å². The van der Waals surface area contributed by atoms with E-state index in [4.69, 9.17) is 0 Å². The van der Waals surface area contributed by atoms with Gasteiger partial charge in [0.2, 0.25) is 0 Å².